The molecule has 0 unspecified atom stereocenters. The van der Waals surface area contributed by atoms with Crippen molar-refractivity contribution in [1.82, 2.24) is 0 Å². The number of amides is 1. The number of nitrogens with two attached hydrogens (primary N) is 1. The van der Waals surface area contributed by atoms with Gasteiger partial charge in [0.25, 0.3) is 5.91 Å². The number of hydrogen-bond donors (Lipinski definition) is 1. The highest BCUT2D eigenvalue weighted by Gasteiger charge is 2.18. The Balaban J connectivity index is 1.85. The van der Waals surface area contributed by atoms with Gasteiger partial charge in [0.1, 0.15) is 0 Å². The molecule has 0 atom stereocenters. The molecule has 0 spiro atoms. The van der Waals surface area contributed by atoms with Crippen LogP contribution in [0.3, 0.4) is 0 Å². The van der Waals surface area contributed by atoms with Crippen LogP contribution in [0.5, 0.6) is 0 Å². The Morgan fingerprint density at radius 3 is 2.07 bits per heavy atom. The molecular weight excluding hydrogens is 364 g/mol. The Morgan fingerprint density at radius 2 is 1.46 bits per heavy atom. The van der Waals surface area contributed by atoms with E-state index in [-0.39, 0.29) is 5.91 Å². The number of fused-ring (bicyclic) bond motifs is 1. The molecule has 0 aliphatic carbocycles. The van der Waals surface area contributed by atoms with Crippen molar-refractivity contribution in [3.05, 3.63) is 77.9 Å². The molecule has 0 radical (unpaired) electrons. The first-order valence-corrected chi connectivity index (χ1v) is 9.97. The Bertz CT molecular complexity index is 1160. The molecule has 1 amide bonds. The van der Waals surface area contributed by atoms with Crippen LogP contribution < -0.4 is 10.6 Å². The maximum Gasteiger partial charge on any atom is 0.250 e. The zero-order valence-electron chi connectivity index (χ0n) is 16.2. The lowest BCUT2D eigenvalue weighted by Crippen LogP contribution is -2.11. The number of hydrogen-bond acceptors (Lipinski definition) is 3. The quantitative estimate of drug-likeness (QED) is 0.488. The van der Waals surface area contributed by atoms with Crippen LogP contribution in [0.2, 0.25) is 0 Å². The van der Waals surface area contributed by atoms with Crippen LogP contribution in [-0.4, -0.2) is 20.0 Å². The molecule has 4 heteroatoms. The number of primary amides is 1. The normalized spacial score (nSPS) is 11.0. The fraction of sp³-hybridized carbons (Fsp3) is 0.125. The van der Waals surface area contributed by atoms with Crippen LogP contribution in [-0.2, 0) is 0 Å². The Kier molecular flexibility index (Phi) is 4.65. The first kappa shape index (κ1) is 18.3. The summed E-state index contributed by atoms with van der Waals surface area (Å²) in [5.74, 6) is -0.388. The third-order valence-corrected chi connectivity index (χ3v) is 6.17. The van der Waals surface area contributed by atoms with Gasteiger partial charge in [-0.05, 0) is 41.8 Å². The molecule has 2 N–H and O–H groups in total. The third-order valence-electron chi connectivity index (χ3n) is 4.97. The van der Waals surface area contributed by atoms with E-state index in [0.717, 1.165) is 31.8 Å². The van der Waals surface area contributed by atoms with Gasteiger partial charge in [-0.25, -0.2) is 0 Å². The van der Waals surface area contributed by atoms with E-state index >= 15 is 0 Å². The van der Waals surface area contributed by atoms with E-state index in [1.807, 2.05) is 32.3 Å². The number of benzene rings is 3. The monoisotopic (exact) mass is 386 g/mol. The van der Waals surface area contributed by atoms with Gasteiger partial charge in [-0.1, -0.05) is 54.1 Å². The lowest BCUT2D eigenvalue weighted by Gasteiger charge is -2.12. The molecular formula is C24H22N2OS. The lowest BCUT2D eigenvalue weighted by atomic mass is 10.0. The Labute approximate surface area is 169 Å². The predicted molar refractivity (Wildman–Crippen MR) is 120 cm³/mol. The Morgan fingerprint density at radius 1 is 0.857 bits per heavy atom. The van der Waals surface area contributed by atoms with Gasteiger partial charge >= 0.3 is 0 Å². The minimum absolute atomic E-state index is 0.388. The van der Waals surface area contributed by atoms with Crippen molar-refractivity contribution in [2.24, 2.45) is 5.73 Å². The van der Waals surface area contributed by atoms with E-state index in [1.165, 1.54) is 11.1 Å². The summed E-state index contributed by atoms with van der Waals surface area (Å²) in [6, 6.07) is 22.9. The SMILES string of the molecule is Cc1ccc(-c2ccc3c(C(N)=O)c(-c4ccc(N(C)C)cc4)sc3c2)cc1. The molecule has 0 fully saturated rings. The van der Waals surface area contributed by atoms with Gasteiger partial charge in [0.2, 0.25) is 0 Å². The summed E-state index contributed by atoms with van der Waals surface area (Å²) in [6.45, 7) is 2.08. The molecule has 140 valence electrons. The highest BCUT2D eigenvalue weighted by Crippen LogP contribution is 2.40. The van der Waals surface area contributed by atoms with Crippen molar-refractivity contribution in [3.8, 4) is 21.6 Å². The fourth-order valence-electron chi connectivity index (χ4n) is 3.38. The third kappa shape index (κ3) is 3.27. The van der Waals surface area contributed by atoms with E-state index in [1.54, 1.807) is 11.3 Å². The molecule has 0 saturated carbocycles. The van der Waals surface area contributed by atoms with E-state index in [2.05, 4.69) is 60.4 Å². The second kappa shape index (κ2) is 7.13. The standard InChI is InChI=1S/C24H22N2OS/c1-15-4-6-16(7-5-15)18-10-13-20-21(14-18)28-23(22(20)24(25)27)17-8-11-19(12-9-17)26(2)3/h4-14H,1-3H3,(H2,25,27). The maximum absolute atomic E-state index is 12.3. The van der Waals surface area contributed by atoms with Crippen LogP contribution in [0.15, 0.2) is 66.7 Å². The largest absolute Gasteiger partial charge is 0.378 e. The molecule has 0 aliphatic heterocycles. The highest BCUT2D eigenvalue weighted by atomic mass is 32.1. The predicted octanol–water partition coefficient (Wildman–Crippen LogP) is 5.71. The van der Waals surface area contributed by atoms with Gasteiger partial charge in [-0.15, -0.1) is 11.3 Å². The molecule has 1 aromatic heterocycles. The molecule has 3 aromatic carbocycles. The zero-order valence-corrected chi connectivity index (χ0v) is 17.0. The van der Waals surface area contributed by atoms with Crippen LogP contribution in [0.1, 0.15) is 15.9 Å². The van der Waals surface area contributed by atoms with Crippen molar-refractivity contribution >= 4 is 33.0 Å². The van der Waals surface area contributed by atoms with Gasteiger partial charge in [0, 0.05) is 34.7 Å². The summed E-state index contributed by atoms with van der Waals surface area (Å²) in [5, 5.41) is 0.917. The summed E-state index contributed by atoms with van der Waals surface area (Å²) >= 11 is 1.62. The van der Waals surface area contributed by atoms with E-state index in [9.17, 15) is 4.79 Å². The highest BCUT2D eigenvalue weighted by molar-refractivity contribution is 7.22. The van der Waals surface area contributed by atoms with Crippen molar-refractivity contribution in [3.63, 3.8) is 0 Å². The first-order valence-electron chi connectivity index (χ1n) is 9.15. The first-order chi connectivity index (χ1) is 13.4. The number of anilines is 1. The summed E-state index contributed by atoms with van der Waals surface area (Å²) in [7, 11) is 4.02. The van der Waals surface area contributed by atoms with Crippen molar-refractivity contribution in [1.29, 1.82) is 0 Å². The summed E-state index contributed by atoms with van der Waals surface area (Å²) < 4.78 is 1.07. The topological polar surface area (TPSA) is 46.3 Å². The average molecular weight is 387 g/mol. The molecule has 28 heavy (non-hydrogen) atoms. The summed E-state index contributed by atoms with van der Waals surface area (Å²) in [5.41, 5.74) is 12.0. The van der Waals surface area contributed by atoms with E-state index in [0.29, 0.717) is 5.56 Å². The number of nitrogens with zero attached hydrogens (tertiary/aromatic N) is 1. The van der Waals surface area contributed by atoms with E-state index in [4.69, 9.17) is 5.73 Å². The van der Waals surface area contributed by atoms with Gasteiger partial charge in [-0.3, -0.25) is 4.79 Å². The average Bonchev–Trinajstić information content (AvgIpc) is 3.07. The van der Waals surface area contributed by atoms with Crippen molar-refractivity contribution < 1.29 is 4.79 Å². The molecule has 0 aliphatic rings. The molecule has 0 bridgehead atoms. The molecule has 3 nitrogen and oxygen atoms in total. The number of thiophene rings is 1. The summed E-state index contributed by atoms with van der Waals surface area (Å²) in [6.07, 6.45) is 0. The van der Waals surface area contributed by atoms with Gasteiger partial charge in [-0.2, -0.15) is 0 Å². The van der Waals surface area contributed by atoms with Crippen LogP contribution >= 0.6 is 11.3 Å². The smallest absolute Gasteiger partial charge is 0.250 e. The fourth-order valence-corrected chi connectivity index (χ4v) is 4.63. The minimum atomic E-state index is -0.388. The molecule has 4 rings (SSSR count). The van der Waals surface area contributed by atoms with Crippen molar-refractivity contribution in [2.75, 3.05) is 19.0 Å². The van der Waals surface area contributed by atoms with Gasteiger partial charge < -0.3 is 10.6 Å². The maximum atomic E-state index is 12.3. The van der Waals surface area contributed by atoms with E-state index < -0.39 is 0 Å². The molecule has 0 saturated heterocycles. The zero-order chi connectivity index (χ0) is 19.8. The number of rotatable bonds is 4. The second-order valence-electron chi connectivity index (χ2n) is 7.19. The van der Waals surface area contributed by atoms with Gasteiger partial charge in [0.05, 0.1) is 5.56 Å². The minimum Gasteiger partial charge on any atom is -0.378 e. The number of carbonyl (C=O) groups excluding carboxylic acids is 1. The number of carbonyl (C=O) groups is 1. The van der Waals surface area contributed by atoms with Crippen LogP contribution in [0.25, 0.3) is 31.7 Å². The Hall–Kier alpha value is -3.11. The van der Waals surface area contributed by atoms with Crippen LogP contribution in [0, 0.1) is 6.92 Å². The van der Waals surface area contributed by atoms with Crippen molar-refractivity contribution in [2.45, 2.75) is 6.92 Å². The van der Waals surface area contributed by atoms with Crippen LogP contribution in [0.4, 0.5) is 5.69 Å². The second-order valence-corrected chi connectivity index (χ2v) is 8.24. The summed E-state index contributed by atoms with van der Waals surface area (Å²) in [4.78, 5) is 15.2. The number of aryl methyl sites for hydroxylation is 1. The molecule has 4 aromatic rings. The van der Waals surface area contributed by atoms with Gasteiger partial charge in [0.15, 0.2) is 0 Å². The lowest BCUT2D eigenvalue weighted by molar-refractivity contribution is 0.100. The molecule has 1 heterocycles.